The maximum atomic E-state index is 11.5. The van der Waals surface area contributed by atoms with Crippen molar-refractivity contribution in [2.24, 2.45) is 5.73 Å². The van der Waals surface area contributed by atoms with Crippen molar-refractivity contribution in [2.45, 2.75) is 31.7 Å². The van der Waals surface area contributed by atoms with Gasteiger partial charge in [-0.3, -0.25) is 4.79 Å². The Bertz CT molecular complexity index is 230. The second kappa shape index (κ2) is 4.95. The lowest BCUT2D eigenvalue weighted by molar-refractivity contribution is -0.148. The largest absolute Gasteiger partial charge is 0.480 e. The zero-order valence-corrected chi connectivity index (χ0v) is 8.11. The molecule has 80 valence electrons. The molecule has 5 heteroatoms. The minimum atomic E-state index is -0.899. The van der Waals surface area contributed by atoms with Crippen molar-refractivity contribution in [1.82, 2.24) is 4.90 Å². The maximum absolute atomic E-state index is 11.5. The van der Waals surface area contributed by atoms with E-state index in [0.717, 1.165) is 6.42 Å². The van der Waals surface area contributed by atoms with Crippen molar-refractivity contribution in [3.05, 3.63) is 0 Å². The Labute approximate surface area is 82.9 Å². The van der Waals surface area contributed by atoms with E-state index in [9.17, 15) is 9.59 Å². The molecule has 1 saturated heterocycles. The van der Waals surface area contributed by atoms with Gasteiger partial charge < -0.3 is 15.7 Å². The first-order valence-electron chi connectivity index (χ1n) is 4.89. The van der Waals surface area contributed by atoms with E-state index >= 15 is 0 Å². The standard InChI is InChI=1S/C9H16N2O3/c10-5-1-4-8(12)11-6-2-3-7(11)9(13)14/h7H,1-6,10H2,(H,13,14). The highest BCUT2D eigenvalue weighted by molar-refractivity contribution is 5.84. The fraction of sp³-hybridized carbons (Fsp3) is 0.778. The van der Waals surface area contributed by atoms with Crippen LogP contribution in [0.15, 0.2) is 0 Å². The molecule has 0 aromatic carbocycles. The summed E-state index contributed by atoms with van der Waals surface area (Å²) in [5.41, 5.74) is 5.28. The van der Waals surface area contributed by atoms with Crippen LogP contribution in [0.1, 0.15) is 25.7 Å². The monoisotopic (exact) mass is 200 g/mol. The Kier molecular flexibility index (Phi) is 3.88. The molecule has 0 bridgehead atoms. The van der Waals surface area contributed by atoms with Gasteiger partial charge in [0.25, 0.3) is 0 Å². The zero-order valence-electron chi connectivity index (χ0n) is 8.11. The number of hydrogen-bond acceptors (Lipinski definition) is 3. The van der Waals surface area contributed by atoms with Crippen LogP contribution in [-0.4, -0.2) is 41.0 Å². The van der Waals surface area contributed by atoms with Gasteiger partial charge in [-0.25, -0.2) is 4.79 Å². The first-order chi connectivity index (χ1) is 6.66. The number of carboxylic acids is 1. The number of rotatable bonds is 4. The van der Waals surface area contributed by atoms with Gasteiger partial charge in [-0.05, 0) is 25.8 Å². The van der Waals surface area contributed by atoms with Crippen LogP contribution in [0.2, 0.25) is 0 Å². The van der Waals surface area contributed by atoms with E-state index in [1.807, 2.05) is 0 Å². The minimum Gasteiger partial charge on any atom is -0.480 e. The average molecular weight is 200 g/mol. The Morgan fingerprint density at radius 1 is 1.50 bits per heavy atom. The molecule has 0 saturated carbocycles. The van der Waals surface area contributed by atoms with Crippen LogP contribution in [0.4, 0.5) is 0 Å². The van der Waals surface area contributed by atoms with Gasteiger partial charge in [0, 0.05) is 13.0 Å². The first kappa shape index (κ1) is 11.0. The van der Waals surface area contributed by atoms with E-state index in [-0.39, 0.29) is 5.91 Å². The number of carbonyl (C=O) groups is 2. The lowest BCUT2D eigenvalue weighted by Gasteiger charge is -2.21. The van der Waals surface area contributed by atoms with E-state index in [4.69, 9.17) is 10.8 Å². The Morgan fingerprint density at radius 3 is 2.79 bits per heavy atom. The highest BCUT2D eigenvalue weighted by Crippen LogP contribution is 2.18. The Balaban J connectivity index is 2.49. The van der Waals surface area contributed by atoms with E-state index < -0.39 is 12.0 Å². The number of likely N-dealkylation sites (tertiary alicyclic amines) is 1. The molecule has 0 spiro atoms. The molecule has 5 nitrogen and oxygen atoms in total. The van der Waals surface area contributed by atoms with Crippen LogP contribution in [0, 0.1) is 0 Å². The third kappa shape index (κ3) is 2.45. The Morgan fingerprint density at radius 2 is 2.21 bits per heavy atom. The van der Waals surface area contributed by atoms with Crippen molar-refractivity contribution in [2.75, 3.05) is 13.1 Å². The highest BCUT2D eigenvalue weighted by atomic mass is 16.4. The quantitative estimate of drug-likeness (QED) is 0.658. The fourth-order valence-electron chi connectivity index (χ4n) is 1.72. The molecule has 1 atom stereocenters. The number of nitrogens with zero attached hydrogens (tertiary/aromatic N) is 1. The number of hydrogen-bond donors (Lipinski definition) is 2. The molecule has 1 aliphatic heterocycles. The summed E-state index contributed by atoms with van der Waals surface area (Å²) < 4.78 is 0. The number of amides is 1. The molecule has 0 aromatic rings. The zero-order chi connectivity index (χ0) is 10.6. The van der Waals surface area contributed by atoms with E-state index in [0.29, 0.717) is 32.4 Å². The normalized spacial score (nSPS) is 21.2. The van der Waals surface area contributed by atoms with Crippen LogP contribution in [-0.2, 0) is 9.59 Å². The van der Waals surface area contributed by atoms with E-state index in [1.54, 1.807) is 0 Å². The summed E-state index contributed by atoms with van der Waals surface area (Å²) in [5, 5.41) is 8.84. The molecule has 1 rings (SSSR count). The molecule has 3 N–H and O–H groups in total. The average Bonchev–Trinajstić information content (AvgIpc) is 2.62. The van der Waals surface area contributed by atoms with Gasteiger partial charge in [-0.1, -0.05) is 0 Å². The molecular formula is C9H16N2O3. The SMILES string of the molecule is NCCCC(=O)N1CCCC1C(=O)O. The van der Waals surface area contributed by atoms with Crippen LogP contribution in [0.5, 0.6) is 0 Å². The van der Waals surface area contributed by atoms with Crippen LogP contribution < -0.4 is 5.73 Å². The summed E-state index contributed by atoms with van der Waals surface area (Å²) >= 11 is 0. The third-order valence-electron chi connectivity index (χ3n) is 2.45. The van der Waals surface area contributed by atoms with Crippen molar-refractivity contribution in [3.8, 4) is 0 Å². The van der Waals surface area contributed by atoms with E-state index in [1.165, 1.54) is 4.90 Å². The van der Waals surface area contributed by atoms with Crippen LogP contribution >= 0.6 is 0 Å². The van der Waals surface area contributed by atoms with Gasteiger partial charge in [0.2, 0.25) is 5.91 Å². The molecule has 1 fully saturated rings. The summed E-state index contributed by atoms with van der Waals surface area (Å²) in [6.07, 6.45) is 2.34. The van der Waals surface area contributed by atoms with Crippen LogP contribution in [0.3, 0.4) is 0 Å². The predicted octanol–water partition coefficient (Wildman–Crippen LogP) is -0.199. The van der Waals surface area contributed by atoms with Crippen LogP contribution in [0.25, 0.3) is 0 Å². The van der Waals surface area contributed by atoms with Crippen molar-refractivity contribution >= 4 is 11.9 Å². The van der Waals surface area contributed by atoms with Gasteiger partial charge >= 0.3 is 5.97 Å². The first-order valence-corrected chi connectivity index (χ1v) is 4.89. The van der Waals surface area contributed by atoms with Crippen molar-refractivity contribution < 1.29 is 14.7 Å². The third-order valence-corrected chi connectivity index (χ3v) is 2.45. The summed E-state index contributed by atoms with van der Waals surface area (Å²) in [6, 6.07) is -0.611. The molecule has 14 heavy (non-hydrogen) atoms. The van der Waals surface area contributed by atoms with Crippen molar-refractivity contribution in [1.29, 1.82) is 0 Å². The Hall–Kier alpha value is -1.10. The molecule has 0 radical (unpaired) electrons. The van der Waals surface area contributed by atoms with Gasteiger partial charge in [-0.15, -0.1) is 0 Å². The lowest BCUT2D eigenvalue weighted by Crippen LogP contribution is -2.40. The number of carbonyl (C=O) groups excluding carboxylic acids is 1. The van der Waals surface area contributed by atoms with Gasteiger partial charge in [0.1, 0.15) is 6.04 Å². The minimum absolute atomic E-state index is 0.0830. The van der Waals surface area contributed by atoms with Gasteiger partial charge in [-0.2, -0.15) is 0 Å². The molecule has 1 heterocycles. The maximum Gasteiger partial charge on any atom is 0.326 e. The number of nitrogens with two attached hydrogens (primary N) is 1. The molecule has 1 amide bonds. The predicted molar refractivity (Wildman–Crippen MR) is 50.7 cm³/mol. The summed E-state index contributed by atoms with van der Waals surface area (Å²) in [6.45, 7) is 1.04. The fourth-order valence-corrected chi connectivity index (χ4v) is 1.72. The summed E-state index contributed by atoms with van der Waals surface area (Å²) in [4.78, 5) is 23.8. The molecule has 1 aliphatic rings. The van der Waals surface area contributed by atoms with Crippen molar-refractivity contribution in [3.63, 3.8) is 0 Å². The second-order valence-corrected chi connectivity index (χ2v) is 3.48. The van der Waals surface area contributed by atoms with Gasteiger partial charge in [0.15, 0.2) is 0 Å². The smallest absolute Gasteiger partial charge is 0.326 e. The lowest BCUT2D eigenvalue weighted by atomic mass is 10.2. The molecule has 0 aliphatic carbocycles. The second-order valence-electron chi connectivity index (χ2n) is 3.48. The highest BCUT2D eigenvalue weighted by Gasteiger charge is 2.33. The summed E-state index contributed by atoms with van der Waals surface area (Å²) in [5.74, 6) is -0.982. The topological polar surface area (TPSA) is 83.6 Å². The molecular weight excluding hydrogens is 184 g/mol. The van der Waals surface area contributed by atoms with E-state index in [2.05, 4.69) is 0 Å². The van der Waals surface area contributed by atoms with Gasteiger partial charge in [0.05, 0.1) is 0 Å². The number of carboxylic acid groups (broad SMARTS) is 1. The number of aliphatic carboxylic acids is 1. The summed E-state index contributed by atoms with van der Waals surface area (Å²) in [7, 11) is 0. The molecule has 1 unspecified atom stereocenters. The molecule has 0 aromatic heterocycles.